The van der Waals surface area contributed by atoms with E-state index in [1.165, 1.54) is 7.11 Å². The number of carbonyl (C=O) groups excluding carboxylic acids is 1. The molecule has 1 aromatic heterocycles. The van der Waals surface area contributed by atoms with Gasteiger partial charge in [-0.3, -0.25) is 0 Å². The zero-order chi connectivity index (χ0) is 23.4. The summed E-state index contributed by atoms with van der Waals surface area (Å²) < 4.78 is 7.85. The molecule has 4 nitrogen and oxygen atoms in total. The zero-order valence-corrected chi connectivity index (χ0v) is 20.7. The number of hydrogen-bond acceptors (Lipinski definition) is 3. The molecule has 33 heavy (non-hydrogen) atoms. The van der Waals surface area contributed by atoms with Gasteiger partial charge < -0.3 is 9.30 Å². The monoisotopic (exact) mass is 540 g/mol. The maximum Gasteiger partial charge on any atom is 0.337 e. The third-order valence-electron chi connectivity index (χ3n) is 5.04. The van der Waals surface area contributed by atoms with Crippen molar-refractivity contribution in [2.75, 3.05) is 7.11 Å². The number of imidazole rings is 1. The number of nitrogens with zero attached hydrogens (tertiary/aromatic N) is 2. The fraction of sp³-hybridized carbons (Fsp3) is 0.0769. The first-order valence-corrected chi connectivity index (χ1v) is 11.6. The molecule has 0 saturated carbocycles. The Hall–Kier alpha value is -2.86. The number of aromatic nitrogens is 2. The third kappa shape index (κ3) is 5.74. The van der Waals surface area contributed by atoms with E-state index in [0.717, 1.165) is 32.7 Å². The molecule has 166 valence electrons. The first-order valence-electron chi connectivity index (χ1n) is 10.1. The molecular weight excluding hydrogens is 523 g/mol. The molecule has 0 aliphatic carbocycles. The van der Waals surface area contributed by atoms with Crippen molar-refractivity contribution < 1.29 is 9.53 Å². The summed E-state index contributed by atoms with van der Waals surface area (Å²) in [5, 5.41) is 1.11. The second-order valence-electron chi connectivity index (χ2n) is 7.31. The SMILES string of the molecule is COC(=O)c1ccc(Cn2cc(-c3ccc(Cl)cc3Cl)nc2C=Cc2ccc(Br)cc2)cc1. The smallest absolute Gasteiger partial charge is 0.337 e. The first kappa shape index (κ1) is 23.3. The van der Waals surface area contributed by atoms with Gasteiger partial charge in [0.2, 0.25) is 0 Å². The molecule has 0 spiro atoms. The van der Waals surface area contributed by atoms with Gasteiger partial charge >= 0.3 is 5.97 Å². The van der Waals surface area contributed by atoms with Crippen molar-refractivity contribution in [3.8, 4) is 11.3 Å². The molecule has 4 aromatic rings. The quantitative estimate of drug-likeness (QED) is 0.236. The maximum atomic E-state index is 11.7. The summed E-state index contributed by atoms with van der Waals surface area (Å²) >= 11 is 16.0. The molecule has 3 aromatic carbocycles. The van der Waals surface area contributed by atoms with Gasteiger partial charge in [0.15, 0.2) is 0 Å². The predicted molar refractivity (Wildman–Crippen MR) is 138 cm³/mol. The normalized spacial score (nSPS) is 11.2. The highest BCUT2D eigenvalue weighted by Crippen LogP contribution is 2.30. The zero-order valence-electron chi connectivity index (χ0n) is 17.6. The average Bonchev–Trinajstić information content (AvgIpc) is 3.20. The summed E-state index contributed by atoms with van der Waals surface area (Å²) in [7, 11) is 1.37. The van der Waals surface area contributed by atoms with Crippen LogP contribution in [0.25, 0.3) is 23.4 Å². The van der Waals surface area contributed by atoms with E-state index in [0.29, 0.717) is 22.2 Å². The second kappa shape index (κ2) is 10.4. The number of methoxy groups -OCH3 is 1. The third-order valence-corrected chi connectivity index (χ3v) is 6.11. The number of benzene rings is 3. The van der Waals surface area contributed by atoms with Crippen molar-refractivity contribution in [3.05, 3.63) is 110 Å². The standard InChI is InChI=1S/C26H19BrCl2N2O2/c1-33-26(32)19-7-2-18(3-8-19)15-31-16-24(22-12-11-21(28)14-23(22)29)30-25(31)13-6-17-4-9-20(27)10-5-17/h2-14,16H,15H2,1H3. The predicted octanol–water partition coefficient (Wildman–Crippen LogP) is 7.62. The Morgan fingerprint density at radius 1 is 1.03 bits per heavy atom. The fourth-order valence-electron chi connectivity index (χ4n) is 3.32. The summed E-state index contributed by atoms with van der Waals surface area (Å²) in [6, 6.07) is 20.7. The fourth-order valence-corrected chi connectivity index (χ4v) is 4.09. The minimum Gasteiger partial charge on any atom is -0.465 e. The van der Waals surface area contributed by atoms with Crippen LogP contribution in [0.3, 0.4) is 0 Å². The molecule has 0 unspecified atom stereocenters. The van der Waals surface area contributed by atoms with Gasteiger partial charge in [-0.25, -0.2) is 9.78 Å². The molecule has 0 N–H and O–H groups in total. The number of rotatable bonds is 6. The van der Waals surface area contributed by atoms with E-state index in [1.54, 1.807) is 24.3 Å². The highest BCUT2D eigenvalue weighted by molar-refractivity contribution is 9.10. The first-order chi connectivity index (χ1) is 15.9. The number of hydrogen-bond donors (Lipinski definition) is 0. The molecule has 4 rings (SSSR count). The van der Waals surface area contributed by atoms with E-state index in [1.807, 2.05) is 65.4 Å². The highest BCUT2D eigenvalue weighted by Gasteiger charge is 2.12. The minimum atomic E-state index is -0.359. The van der Waals surface area contributed by atoms with Gasteiger partial charge in [-0.15, -0.1) is 0 Å². The van der Waals surface area contributed by atoms with Gasteiger partial charge in [0, 0.05) is 27.8 Å². The lowest BCUT2D eigenvalue weighted by Gasteiger charge is -2.07. The Morgan fingerprint density at radius 2 is 1.76 bits per heavy atom. The van der Waals surface area contributed by atoms with Crippen molar-refractivity contribution in [2.45, 2.75) is 6.54 Å². The van der Waals surface area contributed by atoms with E-state index in [-0.39, 0.29) is 5.97 Å². The Bertz CT molecular complexity index is 1310. The molecule has 0 aliphatic heterocycles. The summed E-state index contributed by atoms with van der Waals surface area (Å²) in [6.07, 6.45) is 5.95. The number of esters is 1. The van der Waals surface area contributed by atoms with Gasteiger partial charge in [-0.1, -0.05) is 69.5 Å². The topological polar surface area (TPSA) is 44.1 Å². The maximum absolute atomic E-state index is 11.7. The van der Waals surface area contributed by atoms with Crippen LogP contribution in [0.5, 0.6) is 0 Å². The second-order valence-corrected chi connectivity index (χ2v) is 9.07. The molecule has 7 heteroatoms. The summed E-state index contributed by atoms with van der Waals surface area (Å²) in [5.74, 6) is 0.415. The molecule has 0 atom stereocenters. The van der Waals surface area contributed by atoms with E-state index in [4.69, 9.17) is 32.9 Å². The Balaban J connectivity index is 1.69. The van der Waals surface area contributed by atoms with Gasteiger partial charge in [0.05, 0.1) is 23.4 Å². The van der Waals surface area contributed by atoms with Crippen LogP contribution < -0.4 is 0 Å². The van der Waals surface area contributed by atoms with Crippen LogP contribution >= 0.6 is 39.1 Å². The van der Waals surface area contributed by atoms with Gasteiger partial charge in [0.1, 0.15) is 5.82 Å². The Kier molecular flexibility index (Phi) is 7.33. The number of ether oxygens (including phenoxy) is 1. The molecule has 0 radical (unpaired) electrons. The van der Waals surface area contributed by atoms with E-state index in [2.05, 4.69) is 15.9 Å². The molecule has 0 saturated heterocycles. The van der Waals surface area contributed by atoms with Crippen molar-refractivity contribution >= 4 is 57.3 Å². The van der Waals surface area contributed by atoms with Crippen LogP contribution in [0.1, 0.15) is 27.3 Å². The lowest BCUT2D eigenvalue weighted by atomic mass is 10.1. The lowest BCUT2D eigenvalue weighted by molar-refractivity contribution is 0.0600. The van der Waals surface area contributed by atoms with Gasteiger partial charge in [-0.2, -0.15) is 0 Å². The highest BCUT2D eigenvalue weighted by atomic mass is 79.9. The lowest BCUT2D eigenvalue weighted by Crippen LogP contribution is -2.03. The van der Waals surface area contributed by atoms with Crippen LogP contribution in [0.15, 0.2) is 77.4 Å². The van der Waals surface area contributed by atoms with Crippen LogP contribution in [-0.4, -0.2) is 22.6 Å². The van der Waals surface area contributed by atoms with Crippen molar-refractivity contribution in [2.24, 2.45) is 0 Å². The largest absolute Gasteiger partial charge is 0.465 e. The van der Waals surface area contributed by atoms with Crippen molar-refractivity contribution in [3.63, 3.8) is 0 Å². The van der Waals surface area contributed by atoms with Crippen molar-refractivity contribution in [1.29, 1.82) is 0 Å². The van der Waals surface area contributed by atoms with Crippen LogP contribution in [0.2, 0.25) is 10.0 Å². The van der Waals surface area contributed by atoms with Crippen molar-refractivity contribution in [1.82, 2.24) is 9.55 Å². The summed E-state index contributed by atoms with van der Waals surface area (Å²) in [4.78, 5) is 16.5. The van der Waals surface area contributed by atoms with E-state index in [9.17, 15) is 4.79 Å². The van der Waals surface area contributed by atoms with E-state index >= 15 is 0 Å². The molecular formula is C26H19BrCl2N2O2. The van der Waals surface area contributed by atoms with Crippen LogP contribution in [0, 0.1) is 0 Å². The molecule has 0 bridgehead atoms. The summed E-state index contributed by atoms with van der Waals surface area (Å²) in [5.41, 5.74) is 4.14. The summed E-state index contributed by atoms with van der Waals surface area (Å²) in [6.45, 7) is 0.569. The van der Waals surface area contributed by atoms with Gasteiger partial charge in [0.25, 0.3) is 0 Å². The molecule has 0 aliphatic rings. The Labute approximate surface area is 210 Å². The van der Waals surface area contributed by atoms with Crippen LogP contribution in [-0.2, 0) is 11.3 Å². The Morgan fingerprint density at radius 3 is 2.42 bits per heavy atom. The average molecular weight is 542 g/mol. The molecule has 0 fully saturated rings. The van der Waals surface area contributed by atoms with Crippen LogP contribution in [0.4, 0.5) is 0 Å². The number of carbonyl (C=O) groups is 1. The molecule has 1 heterocycles. The van der Waals surface area contributed by atoms with Gasteiger partial charge in [-0.05, 0) is 59.7 Å². The number of halogens is 3. The minimum absolute atomic E-state index is 0.359. The van der Waals surface area contributed by atoms with E-state index < -0.39 is 0 Å². The molecule has 0 amide bonds.